The molecule has 0 radical (unpaired) electrons. The van der Waals surface area contributed by atoms with Crippen LogP contribution in [0.2, 0.25) is 0 Å². The van der Waals surface area contributed by atoms with E-state index in [0.717, 1.165) is 15.4 Å². The van der Waals surface area contributed by atoms with Crippen LogP contribution in [0.1, 0.15) is 29.9 Å². The van der Waals surface area contributed by atoms with E-state index in [-0.39, 0.29) is 38.7 Å². The number of halogens is 6. The summed E-state index contributed by atoms with van der Waals surface area (Å²) in [6.07, 6.45) is -8.92. The van der Waals surface area contributed by atoms with E-state index >= 15 is 0 Å². The number of benzene rings is 2. The molecule has 0 saturated heterocycles. The number of aliphatic hydroxyl groups excluding tert-OH is 2. The van der Waals surface area contributed by atoms with Crippen molar-refractivity contribution in [2.45, 2.75) is 33.0 Å². The molecule has 0 aliphatic rings. The molecule has 0 saturated carbocycles. The van der Waals surface area contributed by atoms with Gasteiger partial charge in [-0.3, -0.25) is 4.79 Å². The zero-order valence-corrected chi connectivity index (χ0v) is 19.6. The van der Waals surface area contributed by atoms with Crippen LogP contribution < -0.4 is 5.32 Å². The van der Waals surface area contributed by atoms with Crippen molar-refractivity contribution >= 4 is 18.0 Å². The Labute approximate surface area is 223 Å². The fraction of sp³-hybridized carbons (Fsp3) is 0.200. The van der Waals surface area contributed by atoms with E-state index in [0.29, 0.717) is 28.6 Å². The highest BCUT2D eigenvalue weighted by atomic mass is 19.4. The van der Waals surface area contributed by atoms with Crippen LogP contribution >= 0.6 is 0 Å². The lowest BCUT2D eigenvalue weighted by molar-refractivity contribution is -0.142. The van der Waals surface area contributed by atoms with Crippen LogP contribution in [-0.4, -0.2) is 36.2 Å². The van der Waals surface area contributed by atoms with Crippen LogP contribution in [-0.2, 0) is 30.4 Å². The van der Waals surface area contributed by atoms with Crippen LogP contribution in [0, 0.1) is 6.57 Å². The normalized spacial score (nSPS) is 11.1. The number of amides is 1. The van der Waals surface area contributed by atoms with Gasteiger partial charge < -0.3 is 20.4 Å². The van der Waals surface area contributed by atoms with Crippen LogP contribution in [0.25, 0.3) is 16.2 Å². The van der Waals surface area contributed by atoms with Crippen molar-refractivity contribution in [2.75, 3.05) is 5.32 Å². The molecule has 0 spiro atoms. The van der Waals surface area contributed by atoms with Crippen LogP contribution in [0.15, 0.2) is 60.7 Å². The monoisotopic (exact) mass is 568 g/mol. The van der Waals surface area contributed by atoms with Crippen molar-refractivity contribution in [3.63, 3.8) is 0 Å². The topological polar surface area (TPSA) is 110 Å². The Bertz CT molecular complexity index is 1450. The molecule has 0 aliphatic carbocycles. The van der Waals surface area contributed by atoms with E-state index < -0.39 is 23.7 Å². The Morgan fingerprint density at radius 1 is 0.800 bits per heavy atom. The van der Waals surface area contributed by atoms with Gasteiger partial charge in [0.25, 0.3) is 5.82 Å². The molecule has 4 aromatic rings. The number of nitrogens with zero attached hydrogens (tertiary/aromatic N) is 5. The van der Waals surface area contributed by atoms with Gasteiger partial charge in [0.1, 0.15) is 11.5 Å². The van der Waals surface area contributed by atoms with Crippen LogP contribution in [0.3, 0.4) is 0 Å². The molecule has 4 rings (SSSR count). The number of alkyl halides is 6. The van der Waals surface area contributed by atoms with Gasteiger partial charge in [-0.1, -0.05) is 43.4 Å². The standard InChI is InChI=1S/C12H10F3N3O2.C12H8F3N3O.CH4/c13-12(14,15)10-5-11(16-7-20)18(17-10)9-3-1-8(6-19)2-4-9;1-16-11-6-10(12(13,14)15)17-18(11)9-4-2-8(7-19)3-5-9;/h1-5,7,19H,6H2,(H,16,20);2-6,19H,7H2;1H4. The van der Waals surface area contributed by atoms with E-state index in [9.17, 15) is 31.1 Å². The number of aromatic nitrogens is 4. The molecule has 0 unspecified atom stereocenters. The molecular weight excluding hydrogens is 546 g/mol. The third-order valence-corrected chi connectivity index (χ3v) is 5.03. The SMILES string of the molecule is C.O=CNc1cc(C(F)(F)F)nn1-c1ccc(CO)cc1.[C-]#[N+]c1cc(C(F)(F)F)nn1-c1ccc(CO)cc1. The Kier molecular flexibility index (Phi) is 10.2. The number of carbonyl (C=O) groups excluding carboxylic acids is 1. The molecule has 2 aromatic carbocycles. The molecule has 1 amide bonds. The molecule has 212 valence electrons. The zero-order chi connectivity index (χ0) is 28.8. The largest absolute Gasteiger partial charge is 0.435 e. The molecule has 0 fully saturated rings. The number of hydrogen-bond acceptors (Lipinski definition) is 5. The first-order chi connectivity index (χ1) is 18.4. The first kappa shape index (κ1) is 31.5. The fourth-order valence-electron chi connectivity index (χ4n) is 3.14. The Hall–Kier alpha value is -4.68. The molecule has 40 heavy (non-hydrogen) atoms. The van der Waals surface area contributed by atoms with Gasteiger partial charge >= 0.3 is 12.4 Å². The average molecular weight is 568 g/mol. The summed E-state index contributed by atoms with van der Waals surface area (Å²) < 4.78 is 77.4. The zero-order valence-electron chi connectivity index (χ0n) is 19.6. The van der Waals surface area contributed by atoms with Crippen molar-refractivity contribution in [2.24, 2.45) is 0 Å². The lowest BCUT2D eigenvalue weighted by Crippen LogP contribution is -2.08. The van der Waals surface area contributed by atoms with Crippen molar-refractivity contribution < 1.29 is 41.4 Å². The minimum Gasteiger partial charge on any atom is -0.392 e. The van der Waals surface area contributed by atoms with Gasteiger partial charge in [-0.2, -0.15) is 36.1 Å². The third-order valence-electron chi connectivity index (χ3n) is 5.03. The lowest BCUT2D eigenvalue weighted by atomic mass is 10.2. The maximum atomic E-state index is 12.6. The minimum atomic E-state index is -4.60. The molecule has 3 N–H and O–H groups in total. The van der Waals surface area contributed by atoms with Gasteiger partial charge in [-0.15, -0.1) is 0 Å². The number of hydrogen-bond donors (Lipinski definition) is 3. The fourth-order valence-corrected chi connectivity index (χ4v) is 3.14. The maximum Gasteiger partial charge on any atom is 0.435 e. The smallest absolute Gasteiger partial charge is 0.392 e. The summed E-state index contributed by atoms with van der Waals surface area (Å²) in [7, 11) is 0. The minimum absolute atomic E-state index is 0. The Balaban J connectivity index is 0.000000274. The summed E-state index contributed by atoms with van der Waals surface area (Å²) >= 11 is 0. The van der Waals surface area contributed by atoms with Gasteiger partial charge in [-0.05, 0) is 41.5 Å². The second-order valence-corrected chi connectivity index (χ2v) is 7.64. The second-order valence-electron chi connectivity index (χ2n) is 7.64. The predicted octanol–water partition coefficient (Wildman–Crippen LogP) is 5.52. The molecule has 0 aliphatic heterocycles. The Morgan fingerprint density at radius 2 is 1.23 bits per heavy atom. The van der Waals surface area contributed by atoms with Crippen molar-refractivity contribution in [1.82, 2.24) is 19.6 Å². The van der Waals surface area contributed by atoms with Crippen molar-refractivity contribution in [1.29, 1.82) is 0 Å². The second kappa shape index (κ2) is 12.9. The van der Waals surface area contributed by atoms with Crippen LogP contribution in [0.5, 0.6) is 0 Å². The lowest BCUT2D eigenvalue weighted by Gasteiger charge is -2.06. The van der Waals surface area contributed by atoms with E-state index in [1.807, 2.05) is 0 Å². The average Bonchev–Trinajstić information content (AvgIpc) is 3.54. The van der Waals surface area contributed by atoms with Gasteiger partial charge in [0.2, 0.25) is 6.41 Å². The summed E-state index contributed by atoms with van der Waals surface area (Å²) in [5, 5.41) is 26.8. The van der Waals surface area contributed by atoms with E-state index in [1.165, 1.54) is 24.3 Å². The summed E-state index contributed by atoms with van der Waals surface area (Å²) in [5.41, 5.74) is -0.309. The Morgan fingerprint density at radius 3 is 1.62 bits per heavy atom. The molecule has 2 heterocycles. The summed E-state index contributed by atoms with van der Waals surface area (Å²) in [4.78, 5) is 13.5. The molecule has 0 bridgehead atoms. The quantitative estimate of drug-likeness (QED) is 0.161. The highest BCUT2D eigenvalue weighted by Crippen LogP contribution is 2.33. The number of anilines is 1. The first-order valence-corrected chi connectivity index (χ1v) is 10.7. The maximum absolute atomic E-state index is 12.6. The molecular formula is C25H22F6N6O3. The summed E-state index contributed by atoms with van der Waals surface area (Å²) in [5.74, 6) is -0.312. The number of carbonyl (C=O) groups is 1. The van der Waals surface area contributed by atoms with E-state index in [1.54, 1.807) is 24.3 Å². The van der Waals surface area contributed by atoms with Crippen molar-refractivity contribution in [3.05, 3.63) is 94.6 Å². The number of aliphatic hydroxyl groups is 2. The van der Waals surface area contributed by atoms with E-state index in [2.05, 4.69) is 20.4 Å². The predicted molar refractivity (Wildman–Crippen MR) is 132 cm³/mol. The van der Waals surface area contributed by atoms with Gasteiger partial charge in [0, 0.05) is 6.07 Å². The highest BCUT2D eigenvalue weighted by Gasteiger charge is 2.36. The summed E-state index contributed by atoms with van der Waals surface area (Å²) in [6.45, 7) is 6.55. The molecule has 9 nitrogen and oxygen atoms in total. The molecule has 15 heteroatoms. The highest BCUT2D eigenvalue weighted by molar-refractivity contribution is 5.70. The van der Waals surface area contributed by atoms with Gasteiger partial charge in [-0.25, -0.2) is 4.68 Å². The van der Waals surface area contributed by atoms with Gasteiger partial charge in [0.15, 0.2) is 11.4 Å². The third kappa shape index (κ3) is 7.46. The number of rotatable bonds is 6. The molecule has 0 atom stereocenters. The van der Waals surface area contributed by atoms with Crippen molar-refractivity contribution in [3.8, 4) is 11.4 Å². The summed E-state index contributed by atoms with van der Waals surface area (Å²) in [6, 6.07) is 13.6. The first-order valence-electron chi connectivity index (χ1n) is 10.7. The van der Waals surface area contributed by atoms with E-state index in [4.69, 9.17) is 16.8 Å². The van der Waals surface area contributed by atoms with Gasteiger partial charge in [0.05, 0.1) is 18.9 Å². The number of nitrogens with one attached hydrogen (secondary N) is 1. The molecule has 2 aromatic heterocycles. The van der Waals surface area contributed by atoms with Crippen LogP contribution in [0.4, 0.5) is 38.0 Å².